The first-order valence-corrected chi connectivity index (χ1v) is 8.56. The highest BCUT2D eigenvalue weighted by atomic mass is 32.1. The molecule has 0 aliphatic rings. The van der Waals surface area contributed by atoms with Crippen molar-refractivity contribution in [1.82, 2.24) is 4.90 Å². The number of nitrogens with one attached hydrogen (secondary N) is 1. The largest absolute Gasteiger partial charge is 0.467 e. The second-order valence-electron chi connectivity index (χ2n) is 5.91. The molecule has 0 saturated heterocycles. The van der Waals surface area contributed by atoms with Crippen LogP contribution in [0.15, 0.2) is 69.9 Å². The smallest absolute Gasteiger partial charge is 0.416 e. The molecule has 3 aromatic rings. The summed E-state index contributed by atoms with van der Waals surface area (Å²) in [6, 6.07) is 11.8. The predicted molar refractivity (Wildman–Crippen MR) is 99.0 cm³/mol. The summed E-state index contributed by atoms with van der Waals surface area (Å²) in [5.74, 6) is 1.34. The molecule has 142 valence electrons. The molecule has 0 aliphatic carbocycles. The lowest BCUT2D eigenvalue weighted by atomic mass is 10.2. The average Bonchev–Trinajstić information content (AvgIpc) is 3.32. The maximum atomic E-state index is 12.9. The van der Waals surface area contributed by atoms with Gasteiger partial charge < -0.3 is 19.1 Å². The lowest BCUT2D eigenvalue weighted by Crippen LogP contribution is -2.36. The van der Waals surface area contributed by atoms with Crippen molar-refractivity contribution in [2.45, 2.75) is 25.7 Å². The maximum Gasteiger partial charge on any atom is 0.416 e. The van der Waals surface area contributed by atoms with Gasteiger partial charge in [-0.05, 0) is 61.6 Å². The van der Waals surface area contributed by atoms with Crippen molar-refractivity contribution in [1.29, 1.82) is 0 Å². The minimum Gasteiger partial charge on any atom is -0.467 e. The Bertz CT molecular complexity index is 877. The second kappa shape index (κ2) is 7.87. The zero-order chi connectivity index (χ0) is 19.4. The van der Waals surface area contributed by atoms with E-state index in [1.54, 1.807) is 35.6 Å². The Morgan fingerprint density at radius 1 is 1.11 bits per heavy atom. The van der Waals surface area contributed by atoms with E-state index in [1.165, 1.54) is 12.1 Å². The summed E-state index contributed by atoms with van der Waals surface area (Å²) in [4.78, 5) is 1.78. The van der Waals surface area contributed by atoms with Gasteiger partial charge in [-0.2, -0.15) is 13.2 Å². The fraction of sp³-hybridized carbons (Fsp3) is 0.211. The number of benzene rings is 1. The van der Waals surface area contributed by atoms with Gasteiger partial charge in [0.05, 0.1) is 30.7 Å². The molecule has 0 spiro atoms. The van der Waals surface area contributed by atoms with Gasteiger partial charge in [0.15, 0.2) is 5.11 Å². The minimum atomic E-state index is -4.42. The van der Waals surface area contributed by atoms with Gasteiger partial charge >= 0.3 is 6.18 Å². The third-order valence-corrected chi connectivity index (χ3v) is 4.37. The topological polar surface area (TPSA) is 41.6 Å². The molecule has 3 rings (SSSR count). The lowest BCUT2D eigenvalue weighted by Gasteiger charge is -2.30. The van der Waals surface area contributed by atoms with E-state index < -0.39 is 11.7 Å². The van der Waals surface area contributed by atoms with Crippen molar-refractivity contribution in [2.24, 2.45) is 0 Å². The van der Waals surface area contributed by atoms with Crippen LogP contribution >= 0.6 is 12.2 Å². The number of hydrogen-bond acceptors (Lipinski definition) is 3. The molecule has 2 aromatic heterocycles. The summed E-state index contributed by atoms with van der Waals surface area (Å²) in [6.45, 7) is 2.22. The normalized spacial score (nSPS) is 12.6. The molecule has 0 aliphatic heterocycles. The average molecular weight is 394 g/mol. The molecule has 0 radical (unpaired) electrons. The molecule has 0 bridgehead atoms. The van der Waals surface area contributed by atoms with Crippen LogP contribution in [0.3, 0.4) is 0 Å². The van der Waals surface area contributed by atoms with Crippen LogP contribution in [0.25, 0.3) is 0 Å². The molecule has 0 saturated carbocycles. The highest BCUT2D eigenvalue weighted by Crippen LogP contribution is 2.31. The van der Waals surface area contributed by atoms with Crippen LogP contribution in [-0.2, 0) is 12.7 Å². The quantitative estimate of drug-likeness (QED) is 0.550. The fourth-order valence-corrected chi connectivity index (χ4v) is 2.95. The number of thiocarbonyl (C=S) groups is 1. The minimum absolute atomic E-state index is 0.254. The molecule has 27 heavy (non-hydrogen) atoms. The van der Waals surface area contributed by atoms with Crippen LogP contribution in [0.1, 0.15) is 30.0 Å². The van der Waals surface area contributed by atoms with E-state index in [-0.39, 0.29) is 16.8 Å². The molecular formula is C19H17F3N2O2S. The van der Waals surface area contributed by atoms with Crippen LogP contribution < -0.4 is 5.32 Å². The van der Waals surface area contributed by atoms with Crippen LogP contribution in [0.4, 0.5) is 18.9 Å². The number of hydrogen-bond donors (Lipinski definition) is 1. The summed E-state index contributed by atoms with van der Waals surface area (Å²) in [7, 11) is 0. The lowest BCUT2D eigenvalue weighted by molar-refractivity contribution is -0.137. The Morgan fingerprint density at radius 3 is 2.48 bits per heavy atom. The van der Waals surface area contributed by atoms with Crippen molar-refractivity contribution in [3.8, 4) is 0 Å². The Labute approximate surface area is 159 Å². The monoisotopic (exact) mass is 394 g/mol. The molecule has 0 fully saturated rings. The third kappa shape index (κ3) is 4.71. The van der Waals surface area contributed by atoms with Crippen LogP contribution in [0.5, 0.6) is 0 Å². The van der Waals surface area contributed by atoms with Crippen molar-refractivity contribution < 1.29 is 22.0 Å². The second-order valence-corrected chi connectivity index (χ2v) is 6.29. The van der Waals surface area contributed by atoms with Gasteiger partial charge in [-0.3, -0.25) is 0 Å². The molecule has 0 amide bonds. The van der Waals surface area contributed by atoms with Crippen molar-refractivity contribution in [3.05, 3.63) is 78.1 Å². The fourth-order valence-electron chi connectivity index (χ4n) is 2.61. The number of furan rings is 2. The molecule has 1 unspecified atom stereocenters. The van der Waals surface area contributed by atoms with Gasteiger partial charge in [0.2, 0.25) is 0 Å². The van der Waals surface area contributed by atoms with E-state index in [2.05, 4.69) is 5.32 Å². The predicted octanol–water partition coefficient (Wildman–Crippen LogP) is 5.85. The molecular weight excluding hydrogens is 377 g/mol. The molecule has 8 heteroatoms. The highest BCUT2D eigenvalue weighted by Gasteiger charge is 2.30. The first kappa shape index (κ1) is 19.0. The van der Waals surface area contributed by atoms with E-state index in [1.807, 2.05) is 13.0 Å². The van der Waals surface area contributed by atoms with Gasteiger partial charge in [-0.15, -0.1) is 0 Å². The molecule has 2 heterocycles. The number of nitrogens with zero attached hydrogens (tertiary/aromatic N) is 1. The van der Waals surface area contributed by atoms with Crippen LogP contribution in [0.2, 0.25) is 0 Å². The highest BCUT2D eigenvalue weighted by molar-refractivity contribution is 7.80. The zero-order valence-electron chi connectivity index (χ0n) is 14.4. The van der Waals surface area contributed by atoms with Crippen LogP contribution in [-0.4, -0.2) is 10.0 Å². The summed E-state index contributed by atoms with van der Waals surface area (Å²) in [5.41, 5.74) is -0.488. The van der Waals surface area contributed by atoms with Crippen molar-refractivity contribution >= 4 is 23.0 Å². The zero-order valence-corrected chi connectivity index (χ0v) is 15.2. The molecule has 1 N–H and O–H groups in total. The number of halogens is 3. The maximum absolute atomic E-state index is 12.9. The molecule has 1 aromatic carbocycles. The Balaban J connectivity index is 1.82. The van der Waals surface area contributed by atoms with E-state index in [0.29, 0.717) is 18.1 Å². The summed E-state index contributed by atoms with van der Waals surface area (Å²) >= 11 is 5.47. The molecule has 1 atom stereocenters. The van der Waals surface area contributed by atoms with E-state index in [4.69, 9.17) is 21.1 Å². The SMILES string of the molecule is CC(c1ccco1)N(Cc1ccco1)C(=S)Nc1cccc(C(F)(F)F)c1. The number of rotatable bonds is 5. The summed E-state index contributed by atoms with van der Waals surface area (Å²) in [5, 5.41) is 3.14. The Hall–Kier alpha value is -2.74. The van der Waals surface area contributed by atoms with Gasteiger partial charge in [-0.25, -0.2) is 0 Å². The van der Waals surface area contributed by atoms with Crippen molar-refractivity contribution in [2.75, 3.05) is 5.32 Å². The summed E-state index contributed by atoms with van der Waals surface area (Å²) < 4.78 is 49.6. The van der Waals surface area contributed by atoms with Gasteiger partial charge in [-0.1, -0.05) is 6.07 Å². The molecule has 4 nitrogen and oxygen atoms in total. The number of anilines is 1. The first-order chi connectivity index (χ1) is 12.8. The van der Waals surface area contributed by atoms with Gasteiger partial charge in [0.1, 0.15) is 11.5 Å². The number of alkyl halides is 3. The van der Waals surface area contributed by atoms with Crippen LogP contribution in [0, 0.1) is 0 Å². The first-order valence-electron chi connectivity index (χ1n) is 8.15. The van der Waals surface area contributed by atoms with E-state index >= 15 is 0 Å². The van der Waals surface area contributed by atoms with Gasteiger partial charge in [0.25, 0.3) is 0 Å². The standard InChI is InChI=1S/C19H17F3N2O2S/c1-13(17-8-4-10-26-17)24(12-16-7-3-9-25-16)18(27)23-15-6-2-5-14(11-15)19(20,21)22/h2-11,13H,12H2,1H3,(H,23,27). The summed E-state index contributed by atoms with van der Waals surface area (Å²) in [6.07, 6.45) is -1.32. The van der Waals surface area contributed by atoms with E-state index in [0.717, 1.165) is 12.1 Å². The Morgan fingerprint density at radius 2 is 1.85 bits per heavy atom. The van der Waals surface area contributed by atoms with E-state index in [9.17, 15) is 13.2 Å². The van der Waals surface area contributed by atoms with Crippen molar-refractivity contribution in [3.63, 3.8) is 0 Å². The Kier molecular flexibility index (Phi) is 5.55. The third-order valence-electron chi connectivity index (χ3n) is 4.03. The van der Waals surface area contributed by atoms with Gasteiger partial charge in [0, 0.05) is 5.69 Å².